The minimum atomic E-state index is -0.634. The van der Waals surface area contributed by atoms with Crippen molar-refractivity contribution in [3.8, 4) is 11.5 Å². The fourth-order valence-electron chi connectivity index (χ4n) is 3.16. The quantitative estimate of drug-likeness (QED) is 0.836. The first-order chi connectivity index (χ1) is 12.4. The lowest BCUT2D eigenvalue weighted by atomic mass is 10.1. The summed E-state index contributed by atoms with van der Waals surface area (Å²) in [6.07, 6.45) is 0.0985. The molecule has 2 aromatic rings. The van der Waals surface area contributed by atoms with E-state index in [1.165, 1.54) is 4.90 Å². The molecule has 0 spiro atoms. The Morgan fingerprint density at radius 1 is 1.04 bits per heavy atom. The van der Waals surface area contributed by atoms with E-state index in [1.54, 1.807) is 32.4 Å². The van der Waals surface area contributed by atoms with Crippen LogP contribution < -0.4 is 19.7 Å². The molecule has 136 valence electrons. The van der Waals surface area contributed by atoms with E-state index in [-0.39, 0.29) is 18.2 Å². The Morgan fingerprint density at radius 3 is 2.46 bits per heavy atom. The molecule has 1 aliphatic heterocycles. The zero-order valence-corrected chi connectivity index (χ0v) is 15.3. The summed E-state index contributed by atoms with van der Waals surface area (Å²) in [7, 11) is 3.12. The van der Waals surface area contributed by atoms with E-state index in [9.17, 15) is 9.59 Å². The second kappa shape index (κ2) is 7.07. The summed E-state index contributed by atoms with van der Waals surface area (Å²) in [6, 6.07) is 10.3. The maximum absolute atomic E-state index is 12.9. The van der Waals surface area contributed by atoms with Crippen LogP contribution in [0.15, 0.2) is 36.4 Å². The van der Waals surface area contributed by atoms with Gasteiger partial charge in [0.2, 0.25) is 5.91 Å². The molecule has 1 N–H and O–H groups in total. The van der Waals surface area contributed by atoms with Crippen molar-refractivity contribution in [2.24, 2.45) is 0 Å². The van der Waals surface area contributed by atoms with Crippen molar-refractivity contribution >= 4 is 23.2 Å². The van der Waals surface area contributed by atoms with Crippen LogP contribution >= 0.6 is 0 Å². The number of hydrogen-bond acceptors (Lipinski definition) is 5. The summed E-state index contributed by atoms with van der Waals surface area (Å²) in [6.45, 7) is 3.88. The van der Waals surface area contributed by atoms with Gasteiger partial charge in [0.1, 0.15) is 17.5 Å². The summed E-state index contributed by atoms with van der Waals surface area (Å²) in [5.74, 6) is 0.722. The highest BCUT2D eigenvalue weighted by Gasteiger charge is 2.40. The fourth-order valence-corrected chi connectivity index (χ4v) is 3.16. The third kappa shape index (κ3) is 3.22. The number of anilines is 2. The molecule has 0 bridgehead atoms. The van der Waals surface area contributed by atoms with Crippen molar-refractivity contribution in [1.82, 2.24) is 0 Å². The number of nitrogens with one attached hydrogen (secondary N) is 1. The summed E-state index contributed by atoms with van der Waals surface area (Å²) in [4.78, 5) is 26.6. The van der Waals surface area contributed by atoms with Crippen molar-refractivity contribution in [1.29, 1.82) is 0 Å². The normalized spacial score (nSPS) is 16.8. The van der Waals surface area contributed by atoms with Crippen molar-refractivity contribution in [2.75, 3.05) is 24.4 Å². The Labute approximate surface area is 152 Å². The number of nitrogens with zero attached hydrogens (tertiary/aromatic N) is 1. The Hall–Kier alpha value is -3.02. The molecule has 1 fully saturated rings. The first-order valence-electron chi connectivity index (χ1n) is 8.37. The predicted octanol–water partition coefficient (Wildman–Crippen LogP) is 3.06. The summed E-state index contributed by atoms with van der Waals surface area (Å²) in [5.41, 5.74) is 3.26. The molecule has 0 radical (unpaired) electrons. The van der Waals surface area contributed by atoms with Crippen LogP contribution in [0.5, 0.6) is 11.5 Å². The number of hydrogen-bond donors (Lipinski definition) is 1. The van der Waals surface area contributed by atoms with Crippen LogP contribution in [-0.2, 0) is 9.59 Å². The lowest BCUT2D eigenvalue weighted by Gasteiger charge is -2.19. The van der Waals surface area contributed by atoms with Crippen LogP contribution in [0.1, 0.15) is 17.5 Å². The average Bonchev–Trinajstić information content (AvgIpc) is 2.89. The number of ether oxygens (including phenoxy) is 2. The molecular weight excluding hydrogens is 332 g/mol. The molecule has 1 aliphatic rings. The van der Waals surface area contributed by atoms with Gasteiger partial charge in [0.25, 0.3) is 5.91 Å². The molecule has 0 aromatic heterocycles. The number of amides is 2. The first kappa shape index (κ1) is 17.8. The highest BCUT2D eigenvalue weighted by atomic mass is 16.5. The van der Waals surface area contributed by atoms with E-state index >= 15 is 0 Å². The van der Waals surface area contributed by atoms with Gasteiger partial charge in [-0.25, -0.2) is 4.90 Å². The molecule has 1 saturated heterocycles. The molecular formula is C20H22N2O4. The number of rotatable bonds is 5. The molecule has 2 aromatic carbocycles. The summed E-state index contributed by atoms with van der Waals surface area (Å²) < 4.78 is 10.5. The van der Waals surface area contributed by atoms with Gasteiger partial charge in [-0.05, 0) is 37.6 Å². The van der Waals surface area contributed by atoms with Gasteiger partial charge < -0.3 is 14.8 Å². The lowest BCUT2D eigenvalue weighted by Crippen LogP contribution is -2.35. The molecule has 6 nitrogen and oxygen atoms in total. The number of benzene rings is 2. The molecule has 1 atom stereocenters. The van der Waals surface area contributed by atoms with Crippen LogP contribution in [-0.4, -0.2) is 32.1 Å². The van der Waals surface area contributed by atoms with Crippen LogP contribution in [0.4, 0.5) is 11.4 Å². The molecule has 0 unspecified atom stereocenters. The molecule has 0 aliphatic carbocycles. The lowest BCUT2D eigenvalue weighted by molar-refractivity contribution is -0.121. The number of carbonyl (C=O) groups excluding carboxylic acids is 2. The number of carbonyl (C=O) groups is 2. The number of methoxy groups -OCH3 is 2. The SMILES string of the molecule is COc1ccc(N[C@H]2CC(=O)N(c3ccc(C)cc3C)C2=O)c(OC)c1. The van der Waals surface area contributed by atoms with Gasteiger partial charge >= 0.3 is 0 Å². The maximum atomic E-state index is 12.9. The minimum absolute atomic E-state index is 0.0985. The van der Waals surface area contributed by atoms with E-state index < -0.39 is 6.04 Å². The van der Waals surface area contributed by atoms with Crippen LogP contribution in [0, 0.1) is 13.8 Å². The van der Waals surface area contributed by atoms with Crippen LogP contribution in [0.25, 0.3) is 0 Å². The monoisotopic (exact) mass is 354 g/mol. The topological polar surface area (TPSA) is 67.9 Å². The Kier molecular flexibility index (Phi) is 4.84. The van der Waals surface area contributed by atoms with Gasteiger partial charge in [-0.15, -0.1) is 0 Å². The van der Waals surface area contributed by atoms with Gasteiger partial charge in [-0.1, -0.05) is 17.7 Å². The molecule has 0 saturated carbocycles. The summed E-state index contributed by atoms with van der Waals surface area (Å²) in [5, 5.41) is 3.13. The van der Waals surface area contributed by atoms with Gasteiger partial charge in [0.05, 0.1) is 32.0 Å². The Balaban J connectivity index is 1.85. The second-order valence-corrected chi connectivity index (χ2v) is 6.32. The number of aryl methyl sites for hydroxylation is 2. The zero-order valence-electron chi connectivity index (χ0n) is 15.3. The standard InChI is InChI=1S/C20H22N2O4/c1-12-5-8-17(13(2)9-12)22-19(23)11-16(20(22)24)21-15-7-6-14(25-3)10-18(15)26-4/h5-10,16,21H,11H2,1-4H3/t16-/m0/s1. The highest BCUT2D eigenvalue weighted by Crippen LogP contribution is 2.33. The van der Waals surface area contributed by atoms with Crippen LogP contribution in [0.2, 0.25) is 0 Å². The van der Waals surface area contributed by atoms with Crippen LogP contribution in [0.3, 0.4) is 0 Å². The molecule has 2 amide bonds. The minimum Gasteiger partial charge on any atom is -0.497 e. The smallest absolute Gasteiger partial charge is 0.256 e. The van der Waals surface area contributed by atoms with Gasteiger partial charge in [0, 0.05) is 6.07 Å². The third-order valence-electron chi connectivity index (χ3n) is 4.48. The molecule has 26 heavy (non-hydrogen) atoms. The maximum Gasteiger partial charge on any atom is 0.256 e. The van der Waals surface area contributed by atoms with E-state index in [4.69, 9.17) is 9.47 Å². The predicted molar refractivity (Wildman–Crippen MR) is 100.0 cm³/mol. The van der Waals surface area contributed by atoms with Crippen molar-refractivity contribution in [3.63, 3.8) is 0 Å². The largest absolute Gasteiger partial charge is 0.497 e. The van der Waals surface area contributed by atoms with Gasteiger partial charge in [0.15, 0.2) is 0 Å². The van der Waals surface area contributed by atoms with Crippen molar-refractivity contribution in [2.45, 2.75) is 26.3 Å². The highest BCUT2D eigenvalue weighted by molar-refractivity contribution is 6.23. The Morgan fingerprint density at radius 2 is 1.81 bits per heavy atom. The zero-order chi connectivity index (χ0) is 18.8. The van der Waals surface area contributed by atoms with E-state index in [2.05, 4.69) is 5.32 Å². The van der Waals surface area contributed by atoms with E-state index in [1.807, 2.05) is 32.0 Å². The third-order valence-corrected chi connectivity index (χ3v) is 4.48. The summed E-state index contributed by atoms with van der Waals surface area (Å²) >= 11 is 0. The Bertz CT molecular complexity index is 863. The first-order valence-corrected chi connectivity index (χ1v) is 8.37. The molecule has 3 rings (SSSR count). The van der Waals surface area contributed by atoms with Gasteiger partial charge in [-0.2, -0.15) is 0 Å². The van der Waals surface area contributed by atoms with E-state index in [0.29, 0.717) is 22.9 Å². The molecule has 6 heteroatoms. The second-order valence-electron chi connectivity index (χ2n) is 6.32. The van der Waals surface area contributed by atoms with Crippen molar-refractivity contribution in [3.05, 3.63) is 47.5 Å². The van der Waals surface area contributed by atoms with Crippen molar-refractivity contribution < 1.29 is 19.1 Å². The number of imide groups is 1. The molecule has 1 heterocycles. The van der Waals surface area contributed by atoms with Gasteiger partial charge in [-0.3, -0.25) is 9.59 Å². The fraction of sp³-hybridized carbons (Fsp3) is 0.300. The van der Waals surface area contributed by atoms with E-state index in [0.717, 1.165) is 11.1 Å². The average molecular weight is 354 g/mol.